The van der Waals surface area contributed by atoms with Crippen molar-refractivity contribution < 1.29 is 0 Å². The Bertz CT molecular complexity index is 237. The van der Waals surface area contributed by atoms with E-state index in [2.05, 4.69) is 4.98 Å². The number of hydrogen-bond acceptors (Lipinski definition) is 3. The van der Waals surface area contributed by atoms with E-state index in [-0.39, 0.29) is 0 Å². The molecule has 1 aromatic heterocycles. The molecule has 0 atom stereocenters. The van der Waals surface area contributed by atoms with Crippen LogP contribution in [0.2, 0.25) is 0 Å². The highest BCUT2D eigenvalue weighted by Crippen LogP contribution is 2.12. The molecule has 1 rings (SSSR count). The molecule has 0 spiro atoms. The minimum atomic E-state index is 0.395. The maximum absolute atomic E-state index is 8.32. The number of alkyl halides is 1. The van der Waals surface area contributed by atoms with Gasteiger partial charge in [0.25, 0.3) is 0 Å². The molecule has 0 aromatic carbocycles. The summed E-state index contributed by atoms with van der Waals surface area (Å²) >= 11 is 6.76. The second-order valence-electron chi connectivity index (χ2n) is 1.36. The van der Waals surface area contributed by atoms with Gasteiger partial charge in [-0.15, -0.1) is 22.9 Å². The first-order valence-electron chi connectivity index (χ1n) is 2.27. The van der Waals surface area contributed by atoms with E-state index in [0.717, 1.165) is 5.01 Å². The molecular weight excluding hydrogens is 156 g/mol. The zero-order valence-electron chi connectivity index (χ0n) is 4.47. The average Bonchev–Trinajstić information content (AvgIpc) is 2.34. The van der Waals surface area contributed by atoms with Gasteiger partial charge in [0.05, 0.1) is 12.1 Å². The van der Waals surface area contributed by atoms with E-state index in [9.17, 15) is 0 Å². The number of rotatable bonds is 1. The molecule has 2 nitrogen and oxygen atoms in total. The summed E-state index contributed by atoms with van der Waals surface area (Å²) in [5, 5.41) is 9.12. The summed E-state index contributed by atoms with van der Waals surface area (Å²) in [5.41, 5.74) is 0. The first kappa shape index (κ1) is 6.53. The third-order valence-electron chi connectivity index (χ3n) is 0.778. The molecule has 0 aliphatic heterocycles. The zero-order valence-corrected chi connectivity index (χ0v) is 6.04. The van der Waals surface area contributed by atoms with Crippen LogP contribution in [0.5, 0.6) is 0 Å². The van der Waals surface area contributed by atoms with E-state index in [0.29, 0.717) is 10.8 Å². The van der Waals surface area contributed by atoms with Gasteiger partial charge in [-0.25, -0.2) is 4.98 Å². The fraction of sp³-hybridized carbons (Fsp3) is 0.200. The standard InChI is InChI=1S/C5H3ClN2S/c6-1-5-8-3-4(2-7)9-5/h3H,1H2. The third-order valence-corrected chi connectivity index (χ3v) is 2.09. The number of thiazole rings is 1. The molecule has 9 heavy (non-hydrogen) atoms. The van der Waals surface area contributed by atoms with Crippen LogP contribution in [0.25, 0.3) is 0 Å². The highest BCUT2D eigenvalue weighted by molar-refractivity contribution is 7.12. The lowest BCUT2D eigenvalue weighted by Crippen LogP contribution is -1.67. The fourth-order valence-corrected chi connectivity index (χ4v) is 1.22. The third kappa shape index (κ3) is 1.41. The van der Waals surface area contributed by atoms with Crippen LogP contribution >= 0.6 is 22.9 Å². The summed E-state index contributed by atoms with van der Waals surface area (Å²) < 4.78 is 0. The molecule has 0 bridgehead atoms. The number of aromatic nitrogens is 1. The van der Waals surface area contributed by atoms with Crippen LogP contribution in [0.1, 0.15) is 9.88 Å². The van der Waals surface area contributed by atoms with Gasteiger partial charge in [0.15, 0.2) is 0 Å². The Hall–Kier alpha value is -0.590. The van der Waals surface area contributed by atoms with Crippen LogP contribution in [0, 0.1) is 11.3 Å². The molecule has 0 N–H and O–H groups in total. The first-order valence-corrected chi connectivity index (χ1v) is 3.62. The Morgan fingerprint density at radius 3 is 3.00 bits per heavy atom. The Kier molecular flexibility index (Phi) is 2.04. The van der Waals surface area contributed by atoms with Gasteiger partial charge in [-0.3, -0.25) is 0 Å². The van der Waals surface area contributed by atoms with Crippen molar-refractivity contribution in [2.45, 2.75) is 5.88 Å². The monoisotopic (exact) mass is 158 g/mol. The molecule has 0 saturated carbocycles. The van der Waals surface area contributed by atoms with Crippen LogP contribution in [0.4, 0.5) is 0 Å². The van der Waals surface area contributed by atoms with E-state index < -0.39 is 0 Å². The molecular formula is C5H3ClN2S. The fourth-order valence-electron chi connectivity index (χ4n) is 0.424. The highest BCUT2D eigenvalue weighted by Gasteiger charge is 1.96. The minimum absolute atomic E-state index is 0.395. The summed E-state index contributed by atoms with van der Waals surface area (Å²) in [6, 6.07) is 1.98. The van der Waals surface area contributed by atoms with E-state index in [1.165, 1.54) is 17.5 Å². The van der Waals surface area contributed by atoms with Gasteiger partial charge in [0.1, 0.15) is 16.0 Å². The first-order chi connectivity index (χ1) is 4.36. The number of halogens is 1. The molecule has 46 valence electrons. The molecule has 0 saturated heterocycles. The highest BCUT2D eigenvalue weighted by atomic mass is 35.5. The smallest absolute Gasteiger partial charge is 0.124 e. The van der Waals surface area contributed by atoms with Crippen LogP contribution in [0.15, 0.2) is 6.20 Å². The van der Waals surface area contributed by atoms with Gasteiger partial charge in [0, 0.05) is 0 Å². The van der Waals surface area contributed by atoms with Crippen molar-refractivity contribution in [3.8, 4) is 6.07 Å². The Morgan fingerprint density at radius 1 is 1.89 bits per heavy atom. The lowest BCUT2D eigenvalue weighted by Gasteiger charge is -1.75. The maximum atomic E-state index is 8.32. The quantitative estimate of drug-likeness (QED) is 0.584. The van der Waals surface area contributed by atoms with E-state index in [1.807, 2.05) is 6.07 Å². The lowest BCUT2D eigenvalue weighted by molar-refractivity contribution is 1.26. The second kappa shape index (κ2) is 2.81. The predicted molar refractivity (Wildman–Crippen MR) is 36.4 cm³/mol. The maximum Gasteiger partial charge on any atom is 0.124 e. The predicted octanol–water partition coefficient (Wildman–Crippen LogP) is 1.75. The molecule has 4 heteroatoms. The Balaban J connectivity index is 2.90. The normalized spacial score (nSPS) is 8.89. The molecule has 0 aliphatic rings. The van der Waals surface area contributed by atoms with Crippen molar-refractivity contribution in [1.82, 2.24) is 4.98 Å². The minimum Gasteiger partial charge on any atom is -0.247 e. The van der Waals surface area contributed by atoms with E-state index in [1.54, 1.807) is 0 Å². The average molecular weight is 159 g/mol. The van der Waals surface area contributed by atoms with E-state index in [4.69, 9.17) is 16.9 Å². The van der Waals surface area contributed by atoms with Gasteiger partial charge in [0.2, 0.25) is 0 Å². The SMILES string of the molecule is N#Cc1cnc(CCl)s1. The van der Waals surface area contributed by atoms with Crippen molar-refractivity contribution >= 4 is 22.9 Å². The number of nitrogens with zero attached hydrogens (tertiary/aromatic N) is 2. The lowest BCUT2D eigenvalue weighted by atomic mass is 10.6. The molecule has 0 aliphatic carbocycles. The molecule has 1 heterocycles. The summed E-state index contributed by atoms with van der Waals surface area (Å²) in [7, 11) is 0. The van der Waals surface area contributed by atoms with Crippen molar-refractivity contribution in [3.05, 3.63) is 16.1 Å². The van der Waals surface area contributed by atoms with Crippen molar-refractivity contribution in [2.24, 2.45) is 0 Å². The molecule has 0 radical (unpaired) electrons. The van der Waals surface area contributed by atoms with Gasteiger partial charge in [-0.1, -0.05) is 0 Å². The van der Waals surface area contributed by atoms with Crippen LogP contribution in [-0.4, -0.2) is 4.98 Å². The largest absolute Gasteiger partial charge is 0.247 e. The van der Waals surface area contributed by atoms with Crippen LogP contribution < -0.4 is 0 Å². The summed E-state index contributed by atoms with van der Waals surface area (Å²) in [6.07, 6.45) is 1.53. The number of hydrogen-bond donors (Lipinski definition) is 0. The molecule has 0 amide bonds. The summed E-state index contributed by atoms with van der Waals surface area (Å²) in [4.78, 5) is 4.49. The molecule has 1 aromatic rings. The molecule has 0 unspecified atom stereocenters. The van der Waals surface area contributed by atoms with E-state index >= 15 is 0 Å². The molecule has 0 fully saturated rings. The Labute approximate surface area is 61.7 Å². The van der Waals surface area contributed by atoms with Gasteiger partial charge >= 0.3 is 0 Å². The van der Waals surface area contributed by atoms with Crippen molar-refractivity contribution in [3.63, 3.8) is 0 Å². The Morgan fingerprint density at radius 2 is 2.67 bits per heavy atom. The van der Waals surface area contributed by atoms with Gasteiger partial charge < -0.3 is 0 Å². The second-order valence-corrected chi connectivity index (χ2v) is 2.75. The zero-order chi connectivity index (χ0) is 6.69. The van der Waals surface area contributed by atoms with Crippen LogP contribution in [-0.2, 0) is 5.88 Å². The number of nitriles is 1. The summed E-state index contributed by atoms with van der Waals surface area (Å²) in [6.45, 7) is 0. The van der Waals surface area contributed by atoms with Gasteiger partial charge in [-0.2, -0.15) is 5.26 Å². The van der Waals surface area contributed by atoms with Crippen LogP contribution in [0.3, 0.4) is 0 Å². The van der Waals surface area contributed by atoms with Gasteiger partial charge in [-0.05, 0) is 0 Å². The van der Waals surface area contributed by atoms with Crippen molar-refractivity contribution in [1.29, 1.82) is 5.26 Å². The summed E-state index contributed by atoms with van der Waals surface area (Å²) in [5.74, 6) is 0.395. The van der Waals surface area contributed by atoms with Crippen molar-refractivity contribution in [2.75, 3.05) is 0 Å². The topological polar surface area (TPSA) is 36.7 Å².